The molecule has 0 spiro atoms. The van der Waals surface area contributed by atoms with Gasteiger partial charge in [0.2, 0.25) is 0 Å². The van der Waals surface area contributed by atoms with Crippen molar-refractivity contribution in [3.8, 4) is 0 Å². The first-order valence-corrected chi connectivity index (χ1v) is 2.49. The predicted octanol–water partition coefficient (Wildman–Crippen LogP) is -0.331. The lowest BCUT2D eigenvalue weighted by Crippen LogP contribution is -2.08. The van der Waals surface area contributed by atoms with Crippen molar-refractivity contribution in [2.24, 2.45) is 5.73 Å². The van der Waals surface area contributed by atoms with Gasteiger partial charge >= 0.3 is 5.97 Å². The summed E-state index contributed by atoms with van der Waals surface area (Å²) in [5, 5.41) is 8.17. The molecule has 0 fully saturated rings. The third kappa shape index (κ3) is 3.43. The molecule has 0 aliphatic heterocycles. The molecular formula is C6H7NO3. The van der Waals surface area contributed by atoms with E-state index in [1.54, 1.807) is 0 Å². The summed E-state index contributed by atoms with van der Waals surface area (Å²) in [4.78, 5) is 19.6. The predicted molar refractivity (Wildman–Crippen MR) is 35.1 cm³/mol. The Hall–Kier alpha value is -1.58. The fourth-order valence-corrected chi connectivity index (χ4v) is 0.276. The summed E-state index contributed by atoms with van der Waals surface area (Å²) in [5.41, 5.74) is 4.66. The second-order valence-electron chi connectivity index (χ2n) is 1.45. The number of carboxylic acid groups (broad SMARTS) is 1. The highest BCUT2D eigenvalue weighted by Gasteiger charge is 1.95. The van der Waals surface area contributed by atoms with Gasteiger partial charge in [0.05, 0.1) is 0 Å². The van der Waals surface area contributed by atoms with Gasteiger partial charge in [0.25, 0.3) is 0 Å². The molecule has 0 amide bonds. The van der Waals surface area contributed by atoms with Gasteiger partial charge in [-0.1, -0.05) is 6.08 Å². The number of aliphatic carboxylic acids is 1. The molecule has 0 radical (unpaired) electrons. The van der Waals surface area contributed by atoms with Gasteiger partial charge in [-0.3, -0.25) is 4.79 Å². The van der Waals surface area contributed by atoms with Crippen LogP contribution in [0.5, 0.6) is 0 Å². The van der Waals surface area contributed by atoms with Gasteiger partial charge in [-0.15, -0.1) is 0 Å². The molecule has 0 aromatic rings. The minimum atomic E-state index is -1.20. The zero-order valence-corrected chi connectivity index (χ0v) is 5.15. The van der Waals surface area contributed by atoms with Crippen LogP contribution in [0.4, 0.5) is 0 Å². The fourth-order valence-electron chi connectivity index (χ4n) is 0.276. The number of rotatable bonds is 3. The zero-order valence-electron chi connectivity index (χ0n) is 5.15. The van der Waals surface area contributed by atoms with E-state index in [1.165, 1.54) is 6.08 Å². The van der Waals surface area contributed by atoms with Crippen molar-refractivity contribution in [2.75, 3.05) is 0 Å². The monoisotopic (exact) mass is 141 g/mol. The van der Waals surface area contributed by atoms with Crippen LogP contribution in [-0.4, -0.2) is 17.4 Å². The average molecular weight is 141 g/mol. The molecule has 0 aliphatic rings. The number of carbonyl (C=O) groups excluding carboxylic acids is 1. The van der Waals surface area contributed by atoms with Gasteiger partial charge in [-0.25, -0.2) is 4.79 Å². The normalized spacial score (nSPS) is 11.8. The summed E-state index contributed by atoms with van der Waals surface area (Å²) in [6.45, 7) is 0. The molecule has 0 heterocycles. The minimum Gasteiger partial charge on any atom is -0.477 e. The van der Waals surface area contributed by atoms with E-state index in [0.717, 1.165) is 12.2 Å². The molecule has 0 aliphatic carbocycles. The lowest BCUT2D eigenvalue weighted by Gasteiger charge is -1.86. The summed E-state index contributed by atoms with van der Waals surface area (Å²) in [6.07, 6.45) is 4.08. The van der Waals surface area contributed by atoms with E-state index in [2.05, 4.69) is 0 Å². The Morgan fingerprint density at radius 2 is 2.00 bits per heavy atom. The van der Waals surface area contributed by atoms with Crippen LogP contribution in [-0.2, 0) is 9.59 Å². The summed E-state index contributed by atoms with van der Waals surface area (Å²) in [5.74, 6) is -1.20. The summed E-state index contributed by atoms with van der Waals surface area (Å²) in [7, 11) is 0. The Kier molecular flexibility index (Phi) is 3.63. The maximum absolute atomic E-state index is 9.98. The molecule has 4 heteroatoms. The average Bonchev–Trinajstić information content (AvgIpc) is 1.88. The van der Waals surface area contributed by atoms with E-state index < -0.39 is 5.97 Å². The molecule has 0 unspecified atom stereocenters. The van der Waals surface area contributed by atoms with Gasteiger partial charge in [-0.05, 0) is 12.2 Å². The third-order valence-corrected chi connectivity index (χ3v) is 0.712. The molecule has 0 saturated carbocycles. The van der Waals surface area contributed by atoms with E-state index in [4.69, 9.17) is 10.8 Å². The van der Waals surface area contributed by atoms with Crippen molar-refractivity contribution in [1.82, 2.24) is 0 Å². The maximum Gasteiger partial charge on any atom is 0.351 e. The van der Waals surface area contributed by atoms with E-state index in [1.807, 2.05) is 0 Å². The van der Waals surface area contributed by atoms with Gasteiger partial charge in [0.1, 0.15) is 12.0 Å². The number of carbonyl (C=O) groups is 2. The number of allylic oxidation sites excluding steroid dienone is 3. The fraction of sp³-hybridized carbons (Fsp3) is 0. The van der Waals surface area contributed by atoms with Crippen LogP contribution >= 0.6 is 0 Å². The largest absolute Gasteiger partial charge is 0.477 e. The topological polar surface area (TPSA) is 80.4 Å². The number of carboxylic acids is 1. The molecule has 0 aromatic carbocycles. The second kappa shape index (κ2) is 4.31. The van der Waals surface area contributed by atoms with Crippen LogP contribution < -0.4 is 5.73 Å². The first kappa shape index (κ1) is 8.42. The van der Waals surface area contributed by atoms with Crippen molar-refractivity contribution in [2.45, 2.75) is 0 Å². The molecule has 3 N–H and O–H groups in total. The van der Waals surface area contributed by atoms with Crippen LogP contribution in [0.25, 0.3) is 0 Å². The molecule has 0 bridgehead atoms. The van der Waals surface area contributed by atoms with Crippen LogP contribution in [0.3, 0.4) is 0 Å². The Labute approximate surface area is 57.6 Å². The van der Waals surface area contributed by atoms with Gasteiger partial charge in [-0.2, -0.15) is 0 Å². The highest BCUT2D eigenvalue weighted by molar-refractivity contribution is 5.85. The van der Waals surface area contributed by atoms with Crippen molar-refractivity contribution in [3.63, 3.8) is 0 Å². The molecular weight excluding hydrogens is 134 g/mol. The van der Waals surface area contributed by atoms with Crippen LogP contribution in [0.2, 0.25) is 0 Å². The standard InChI is InChI=1S/C6H7NO3/c7-5(6(9)10)3-1-2-4-8/h1-4H,7H2,(H,9,10). The van der Waals surface area contributed by atoms with Gasteiger partial charge in [0, 0.05) is 0 Å². The quantitative estimate of drug-likeness (QED) is 0.320. The summed E-state index contributed by atoms with van der Waals surface area (Å²) in [6, 6.07) is 0. The number of nitrogens with two attached hydrogens (primary N) is 1. The number of hydrogen-bond donors (Lipinski definition) is 2. The first-order chi connectivity index (χ1) is 4.68. The lowest BCUT2D eigenvalue weighted by atomic mass is 10.4. The SMILES string of the molecule is NC(=CC=CC=O)C(=O)O. The van der Waals surface area contributed by atoms with Crippen molar-refractivity contribution < 1.29 is 14.7 Å². The van der Waals surface area contributed by atoms with Gasteiger partial charge < -0.3 is 10.8 Å². The summed E-state index contributed by atoms with van der Waals surface area (Å²) < 4.78 is 0. The maximum atomic E-state index is 9.98. The Bertz CT molecular complexity index is 193. The van der Waals surface area contributed by atoms with Crippen LogP contribution in [0.1, 0.15) is 0 Å². The van der Waals surface area contributed by atoms with E-state index in [0.29, 0.717) is 6.29 Å². The molecule has 10 heavy (non-hydrogen) atoms. The number of hydrogen-bond acceptors (Lipinski definition) is 3. The van der Waals surface area contributed by atoms with Crippen LogP contribution in [0, 0.1) is 0 Å². The minimum absolute atomic E-state index is 0.293. The van der Waals surface area contributed by atoms with Crippen LogP contribution in [0.15, 0.2) is 23.9 Å². The first-order valence-electron chi connectivity index (χ1n) is 2.49. The highest BCUT2D eigenvalue weighted by Crippen LogP contribution is 1.83. The van der Waals surface area contributed by atoms with Crippen molar-refractivity contribution >= 4 is 12.3 Å². The summed E-state index contributed by atoms with van der Waals surface area (Å²) >= 11 is 0. The zero-order chi connectivity index (χ0) is 7.98. The second-order valence-corrected chi connectivity index (χ2v) is 1.45. The van der Waals surface area contributed by atoms with E-state index >= 15 is 0 Å². The van der Waals surface area contributed by atoms with Crippen molar-refractivity contribution in [1.29, 1.82) is 0 Å². The Morgan fingerprint density at radius 3 is 2.40 bits per heavy atom. The molecule has 0 aromatic heterocycles. The molecule has 0 atom stereocenters. The van der Waals surface area contributed by atoms with Gasteiger partial charge in [0.15, 0.2) is 0 Å². The number of aldehydes is 1. The molecule has 54 valence electrons. The highest BCUT2D eigenvalue weighted by atomic mass is 16.4. The smallest absolute Gasteiger partial charge is 0.351 e. The third-order valence-electron chi connectivity index (χ3n) is 0.712. The molecule has 0 rings (SSSR count). The van der Waals surface area contributed by atoms with E-state index in [9.17, 15) is 9.59 Å². The Morgan fingerprint density at radius 1 is 1.40 bits per heavy atom. The molecule has 4 nitrogen and oxygen atoms in total. The molecule has 0 saturated heterocycles. The van der Waals surface area contributed by atoms with Crippen molar-refractivity contribution in [3.05, 3.63) is 23.9 Å². The van der Waals surface area contributed by atoms with E-state index in [-0.39, 0.29) is 5.70 Å². The lowest BCUT2D eigenvalue weighted by molar-refractivity contribution is -0.132. The Balaban J connectivity index is 4.04.